The average Bonchev–Trinajstić information content (AvgIpc) is 3.29. The zero-order valence-electron chi connectivity index (χ0n) is 42.7. The standard InChI is InChI=1S/C58H113NO4/c1-3-5-7-9-11-13-15-17-19-21-23-25-27-28-29-31-33-35-37-39-41-43-45-47-49-51-53-57(62)58(63)59-55(54-60)56(61)52-50-48-46-44-42-40-38-36-34-32-30-26-24-22-20-18-16-14-12-10-8-6-4-2/h28-29,50,52,55-57,60-62H,3-27,30-49,51,53-54H2,1-2H3,(H,59,63)/b29-28-,52-50+. The van der Waals surface area contributed by atoms with E-state index in [0.29, 0.717) is 6.42 Å². The summed E-state index contributed by atoms with van der Waals surface area (Å²) >= 11 is 0. The molecule has 0 aliphatic heterocycles. The number of nitrogens with one attached hydrogen (secondary N) is 1. The highest BCUT2D eigenvalue weighted by Crippen LogP contribution is 2.17. The van der Waals surface area contributed by atoms with Gasteiger partial charge in [-0.1, -0.05) is 295 Å². The Balaban J connectivity index is 3.56. The summed E-state index contributed by atoms with van der Waals surface area (Å²) in [5.74, 6) is -0.499. The molecular formula is C58H113NO4. The van der Waals surface area contributed by atoms with E-state index in [1.807, 2.05) is 6.08 Å². The number of hydrogen-bond acceptors (Lipinski definition) is 4. The molecule has 1 amide bonds. The predicted molar refractivity (Wildman–Crippen MR) is 278 cm³/mol. The molecule has 5 heteroatoms. The number of carbonyl (C=O) groups is 1. The summed E-state index contributed by atoms with van der Waals surface area (Å²) in [4.78, 5) is 12.6. The van der Waals surface area contributed by atoms with Crippen LogP contribution < -0.4 is 5.32 Å². The van der Waals surface area contributed by atoms with Gasteiger partial charge in [-0.3, -0.25) is 4.79 Å². The van der Waals surface area contributed by atoms with Crippen LogP contribution in [0.1, 0.15) is 316 Å². The van der Waals surface area contributed by atoms with Gasteiger partial charge in [0.25, 0.3) is 0 Å². The summed E-state index contributed by atoms with van der Waals surface area (Å²) in [5.41, 5.74) is 0. The molecule has 63 heavy (non-hydrogen) atoms. The minimum Gasteiger partial charge on any atom is -0.394 e. The lowest BCUT2D eigenvalue weighted by Crippen LogP contribution is -2.48. The van der Waals surface area contributed by atoms with Crippen molar-refractivity contribution in [2.24, 2.45) is 0 Å². The molecule has 0 aromatic rings. The normalized spacial score (nSPS) is 13.4. The molecule has 0 saturated heterocycles. The summed E-state index contributed by atoms with van der Waals surface area (Å²) in [6.45, 7) is 4.22. The van der Waals surface area contributed by atoms with Crippen LogP contribution in [0.3, 0.4) is 0 Å². The van der Waals surface area contributed by atoms with Crippen molar-refractivity contribution >= 4 is 5.91 Å². The lowest BCUT2D eigenvalue weighted by molar-refractivity contribution is -0.131. The number of allylic oxidation sites excluding steroid dienone is 3. The number of unbranched alkanes of at least 4 members (excludes halogenated alkanes) is 43. The van der Waals surface area contributed by atoms with E-state index in [4.69, 9.17) is 0 Å². The number of amides is 1. The fourth-order valence-corrected chi connectivity index (χ4v) is 9.07. The van der Waals surface area contributed by atoms with E-state index in [-0.39, 0.29) is 6.61 Å². The minimum absolute atomic E-state index is 0.361. The third-order valence-corrected chi connectivity index (χ3v) is 13.5. The molecule has 4 N–H and O–H groups in total. The van der Waals surface area contributed by atoms with E-state index >= 15 is 0 Å². The molecule has 374 valence electrons. The SMILES string of the molecule is CCCCCCCCCCCCCC/C=C\CCCCCCCCCCCCC(O)C(=O)NC(CO)C(O)/C=C/CCCCCCCCCCCCCCCCCCCCCCC. The van der Waals surface area contributed by atoms with Gasteiger partial charge in [0.1, 0.15) is 6.10 Å². The number of rotatable bonds is 53. The van der Waals surface area contributed by atoms with Crippen molar-refractivity contribution in [3.63, 3.8) is 0 Å². The molecule has 0 aliphatic rings. The van der Waals surface area contributed by atoms with Crippen LogP contribution in [0, 0.1) is 0 Å². The van der Waals surface area contributed by atoms with E-state index in [1.54, 1.807) is 6.08 Å². The number of hydrogen-bond donors (Lipinski definition) is 4. The van der Waals surface area contributed by atoms with Crippen LogP contribution in [0.25, 0.3) is 0 Å². The molecule has 0 aromatic heterocycles. The van der Waals surface area contributed by atoms with Crippen LogP contribution in [0.2, 0.25) is 0 Å². The van der Waals surface area contributed by atoms with Crippen molar-refractivity contribution in [1.29, 1.82) is 0 Å². The molecule has 0 saturated carbocycles. The largest absolute Gasteiger partial charge is 0.394 e. The summed E-state index contributed by atoms with van der Waals surface area (Å²) in [7, 11) is 0. The van der Waals surface area contributed by atoms with Gasteiger partial charge in [0.15, 0.2) is 0 Å². The maximum absolute atomic E-state index is 12.6. The Labute approximate surface area is 394 Å². The molecule has 0 bridgehead atoms. The quantitative estimate of drug-likeness (QED) is 0.0362. The summed E-state index contributed by atoms with van der Waals surface area (Å²) in [6, 6.07) is -0.798. The Hall–Kier alpha value is -1.17. The second-order valence-electron chi connectivity index (χ2n) is 19.9. The molecule has 0 fully saturated rings. The summed E-state index contributed by atoms with van der Waals surface area (Å²) in [5, 5.41) is 33.4. The van der Waals surface area contributed by atoms with Gasteiger partial charge in [0, 0.05) is 0 Å². The Bertz CT molecular complexity index is 936. The van der Waals surface area contributed by atoms with Crippen molar-refractivity contribution in [2.45, 2.75) is 334 Å². The first-order valence-electron chi connectivity index (χ1n) is 28.7. The van der Waals surface area contributed by atoms with Gasteiger partial charge in [0.05, 0.1) is 18.8 Å². The van der Waals surface area contributed by atoms with Crippen molar-refractivity contribution in [3.8, 4) is 0 Å². The maximum atomic E-state index is 12.6. The number of aliphatic hydroxyl groups excluding tert-OH is 3. The fourth-order valence-electron chi connectivity index (χ4n) is 9.07. The van der Waals surface area contributed by atoms with E-state index in [2.05, 4.69) is 31.3 Å². The first-order chi connectivity index (χ1) is 31.1. The van der Waals surface area contributed by atoms with E-state index < -0.39 is 24.2 Å². The summed E-state index contributed by atoms with van der Waals surface area (Å²) < 4.78 is 0. The Morgan fingerprint density at radius 3 is 0.921 bits per heavy atom. The zero-order chi connectivity index (χ0) is 45.8. The smallest absolute Gasteiger partial charge is 0.249 e. The highest BCUT2D eigenvalue weighted by Gasteiger charge is 2.22. The van der Waals surface area contributed by atoms with Crippen LogP contribution in [0.15, 0.2) is 24.3 Å². The monoisotopic (exact) mass is 888 g/mol. The second kappa shape index (κ2) is 53.4. The fraction of sp³-hybridized carbons (Fsp3) is 0.914. The van der Waals surface area contributed by atoms with Gasteiger partial charge in [-0.15, -0.1) is 0 Å². The molecule has 3 unspecified atom stereocenters. The third-order valence-electron chi connectivity index (χ3n) is 13.5. The Morgan fingerprint density at radius 2 is 0.635 bits per heavy atom. The van der Waals surface area contributed by atoms with E-state index in [9.17, 15) is 20.1 Å². The highest BCUT2D eigenvalue weighted by molar-refractivity contribution is 5.80. The van der Waals surface area contributed by atoms with Crippen molar-refractivity contribution in [3.05, 3.63) is 24.3 Å². The molecule has 5 nitrogen and oxygen atoms in total. The first-order valence-corrected chi connectivity index (χ1v) is 28.7. The van der Waals surface area contributed by atoms with Crippen LogP contribution >= 0.6 is 0 Å². The number of carbonyl (C=O) groups excluding carboxylic acids is 1. The van der Waals surface area contributed by atoms with Crippen molar-refractivity contribution in [2.75, 3.05) is 6.61 Å². The average molecular weight is 889 g/mol. The summed E-state index contributed by atoms with van der Waals surface area (Å²) in [6.07, 6.45) is 68.3. The molecule has 0 aliphatic carbocycles. The van der Waals surface area contributed by atoms with Gasteiger partial charge in [-0.25, -0.2) is 0 Å². The lowest BCUT2D eigenvalue weighted by Gasteiger charge is -2.21. The molecule has 3 atom stereocenters. The molecule has 0 spiro atoms. The highest BCUT2D eigenvalue weighted by atomic mass is 16.3. The topological polar surface area (TPSA) is 89.8 Å². The predicted octanol–water partition coefficient (Wildman–Crippen LogP) is 17.7. The molecule has 0 aromatic carbocycles. The molecule has 0 radical (unpaired) electrons. The number of aliphatic hydroxyl groups is 3. The van der Waals surface area contributed by atoms with Crippen molar-refractivity contribution < 1.29 is 20.1 Å². The van der Waals surface area contributed by atoms with Crippen LogP contribution in [-0.2, 0) is 4.79 Å². The van der Waals surface area contributed by atoms with Gasteiger partial charge in [-0.2, -0.15) is 0 Å². The van der Waals surface area contributed by atoms with Gasteiger partial charge in [-0.05, 0) is 44.9 Å². The second-order valence-corrected chi connectivity index (χ2v) is 19.9. The lowest BCUT2D eigenvalue weighted by atomic mass is 10.0. The van der Waals surface area contributed by atoms with Gasteiger partial charge >= 0.3 is 0 Å². The maximum Gasteiger partial charge on any atom is 0.249 e. The molecular weight excluding hydrogens is 775 g/mol. The minimum atomic E-state index is -1.10. The zero-order valence-corrected chi connectivity index (χ0v) is 42.7. The molecule has 0 rings (SSSR count). The third kappa shape index (κ3) is 48.6. The Morgan fingerprint density at radius 1 is 0.381 bits per heavy atom. The Kier molecular flexibility index (Phi) is 52.5. The van der Waals surface area contributed by atoms with Crippen LogP contribution in [-0.4, -0.2) is 46.1 Å². The first kappa shape index (κ1) is 61.8. The van der Waals surface area contributed by atoms with Crippen LogP contribution in [0.4, 0.5) is 0 Å². The van der Waals surface area contributed by atoms with Crippen molar-refractivity contribution in [1.82, 2.24) is 5.32 Å². The molecule has 0 heterocycles. The van der Waals surface area contributed by atoms with Crippen LogP contribution in [0.5, 0.6) is 0 Å². The van der Waals surface area contributed by atoms with Gasteiger partial charge in [0.2, 0.25) is 5.91 Å². The van der Waals surface area contributed by atoms with E-state index in [0.717, 1.165) is 32.1 Å². The van der Waals surface area contributed by atoms with E-state index in [1.165, 1.54) is 263 Å². The van der Waals surface area contributed by atoms with Gasteiger partial charge < -0.3 is 20.6 Å².